The molecule has 1 N–H and O–H groups in total. The van der Waals surface area contributed by atoms with Crippen LogP contribution in [0, 0.1) is 0 Å². The summed E-state index contributed by atoms with van der Waals surface area (Å²) < 4.78 is 15.9. The highest BCUT2D eigenvalue weighted by atomic mass is 16.6. The summed E-state index contributed by atoms with van der Waals surface area (Å²) in [6, 6.07) is 16.9. The van der Waals surface area contributed by atoms with Gasteiger partial charge < -0.3 is 19.5 Å². The van der Waals surface area contributed by atoms with E-state index in [1.165, 1.54) is 0 Å². The molecule has 0 unspecified atom stereocenters. The van der Waals surface area contributed by atoms with Crippen LogP contribution < -0.4 is 10.1 Å². The zero-order valence-corrected chi connectivity index (χ0v) is 14.4. The molecule has 6 heteroatoms. The summed E-state index contributed by atoms with van der Waals surface area (Å²) in [6.07, 6.45) is 0.944. The van der Waals surface area contributed by atoms with Crippen molar-refractivity contribution >= 4 is 17.6 Å². The zero-order valence-electron chi connectivity index (χ0n) is 14.4. The number of carbonyl (C=O) groups excluding carboxylic acids is 2. The van der Waals surface area contributed by atoms with Crippen LogP contribution in [0.25, 0.3) is 0 Å². The first-order chi connectivity index (χ1) is 12.7. The van der Waals surface area contributed by atoms with Gasteiger partial charge in [0, 0.05) is 12.3 Å². The molecule has 3 rings (SSSR count). The van der Waals surface area contributed by atoms with Crippen LogP contribution in [-0.2, 0) is 25.7 Å². The predicted molar refractivity (Wildman–Crippen MR) is 95.8 cm³/mol. The maximum absolute atomic E-state index is 11.9. The maximum atomic E-state index is 11.9. The van der Waals surface area contributed by atoms with Crippen molar-refractivity contribution < 1.29 is 23.8 Å². The zero-order chi connectivity index (χ0) is 18.2. The molecule has 0 aromatic heterocycles. The molecule has 1 heterocycles. The smallest absolute Gasteiger partial charge is 0.335 e. The first-order valence-corrected chi connectivity index (χ1v) is 8.55. The van der Waals surface area contributed by atoms with Crippen LogP contribution in [0.5, 0.6) is 5.75 Å². The third kappa shape index (κ3) is 5.32. The maximum Gasteiger partial charge on any atom is 0.335 e. The van der Waals surface area contributed by atoms with Gasteiger partial charge >= 0.3 is 5.97 Å². The van der Waals surface area contributed by atoms with E-state index in [0.717, 1.165) is 12.0 Å². The van der Waals surface area contributed by atoms with Gasteiger partial charge in [0.05, 0.1) is 0 Å². The molecule has 2 aromatic carbocycles. The topological polar surface area (TPSA) is 73.9 Å². The van der Waals surface area contributed by atoms with E-state index < -0.39 is 18.0 Å². The second kappa shape index (κ2) is 9.01. The number of hydrogen-bond donors (Lipinski definition) is 1. The Morgan fingerprint density at radius 2 is 1.85 bits per heavy atom. The Labute approximate surface area is 152 Å². The lowest BCUT2D eigenvalue weighted by atomic mass is 10.2. The number of esters is 1. The molecule has 1 amide bonds. The normalized spacial score (nSPS) is 16.1. The predicted octanol–water partition coefficient (Wildman–Crippen LogP) is 2.93. The van der Waals surface area contributed by atoms with Crippen LogP contribution in [0.15, 0.2) is 54.6 Å². The van der Waals surface area contributed by atoms with Crippen molar-refractivity contribution in [2.75, 3.05) is 18.5 Å². The van der Waals surface area contributed by atoms with Gasteiger partial charge in [0.15, 0.2) is 12.7 Å². The minimum Gasteiger partial charge on any atom is -0.489 e. The second-order valence-electron chi connectivity index (χ2n) is 5.96. The molecule has 1 aliphatic heterocycles. The van der Waals surface area contributed by atoms with Crippen molar-refractivity contribution in [3.05, 3.63) is 60.2 Å². The lowest BCUT2D eigenvalue weighted by Crippen LogP contribution is -2.27. The number of nitrogens with one attached hydrogen (secondary N) is 1. The highest BCUT2D eigenvalue weighted by Crippen LogP contribution is 2.17. The van der Waals surface area contributed by atoms with Crippen LogP contribution in [0.3, 0.4) is 0 Å². The Balaban J connectivity index is 1.41. The van der Waals surface area contributed by atoms with Gasteiger partial charge in [-0.15, -0.1) is 0 Å². The molecule has 1 atom stereocenters. The number of ether oxygens (including phenoxy) is 3. The van der Waals surface area contributed by atoms with E-state index in [1.54, 1.807) is 24.3 Å². The molecule has 1 saturated heterocycles. The summed E-state index contributed by atoms with van der Waals surface area (Å²) in [4.78, 5) is 23.6. The van der Waals surface area contributed by atoms with Gasteiger partial charge in [0.2, 0.25) is 0 Å². The Morgan fingerprint density at radius 3 is 2.54 bits per heavy atom. The molecule has 2 aromatic rings. The fourth-order valence-corrected chi connectivity index (χ4v) is 2.57. The summed E-state index contributed by atoms with van der Waals surface area (Å²) in [5.41, 5.74) is 1.69. The van der Waals surface area contributed by atoms with E-state index in [2.05, 4.69) is 5.32 Å². The lowest BCUT2D eigenvalue weighted by molar-refractivity contribution is -0.156. The van der Waals surface area contributed by atoms with Gasteiger partial charge in [-0.05, 0) is 42.7 Å². The monoisotopic (exact) mass is 355 g/mol. The van der Waals surface area contributed by atoms with Gasteiger partial charge in [0.1, 0.15) is 12.4 Å². The molecule has 0 radical (unpaired) electrons. The number of amides is 1. The molecule has 0 spiro atoms. The van der Waals surface area contributed by atoms with Crippen LogP contribution in [0.4, 0.5) is 5.69 Å². The quantitative estimate of drug-likeness (QED) is 0.773. The largest absolute Gasteiger partial charge is 0.489 e. The minimum atomic E-state index is -0.538. The molecule has 0 saturated carbocycles. The fraction of sp³-hybridized carbons (Fsp3) is 0.300. The molecule has 1 aliphatic rings. The van der Waals surface area contributed by atoms with Crippen molar-refractivity contribution in [2.24, 2.45) is 0 Å². The van der Waals surface area contributed by atoms with E-state index in [4.69, 9.17) is 14.2 Å². The number of benzene rings is 2. The molecule has 26 heavy (non-hydrogen) atoms. The average Bonchev–Trinajstić information content (AvgIpc) is 3.21. The first-order valence-electron chi connectivity index (χ1n) is 8.55. The van der Waals surface area contributed by atoms with Crippen molar-refractivity contribution in [1.29, 1.82) is 0 Å². The summed E-state index contributed by atoms with van der Waals surface area (Å²) in [5.74, 6) is -0.173. The van der Waals surface area contributed by atoms with Gasteiger partial charge in [-0.3, -0.25) is 4.79 Å². The standard InChI is InChI=1S/C20H21NO5/c22-19(14-26-20(23)18-7-4-12-24-18)21-16-8-10-17(11-9-16)25-13-15-5-2-1-3-6-15/h1-3,5-6,8-11,18H,4,7,12-14H2,(H,21,22)/t18-/m1/s1. The van der Waals surface area contributed by atoms with Gasteiger partial charge in [-0.25, -0.2) is 4.79 Å². The molecule has 136 valence electrons. The number of anilines is 1. The van der Waals surface area contributed by atoms with E-state index in [1.807, 2.05) is 30.3 Å². The van der Waals surface area contributed by atoms with E-state index in [9.17, 15) is 9.59 Å². The molecule has 6 nitrogen and oxygen atoms in total. The summed E-state index contributed by atoms with van der Waals surface area (Å²) >= 11 is 0. The first kappa shape index (κ1) is 17.9. The van der Waals surface area contributed by atoms with Gasteiger partial charge in [0.25, 0.3) is 5.91 Å². The summed E-state index contributed by atoms with van der Waals surface area (Å²) in [6.45, 7) is 0.710. The Kier molecular flexibility index (Phi) is 6.22. The van der Waals surface area contributed by atoms with Crippen molar-refractivity contribution in [3.63, 3.8) is 0 Å². The van der Waals surface area contributed by atoms with Crippen molar-refractivity contribution in [3.8, 4) is 5.75 Å². The van der Waals surface area contributed by atoms with E-state index in [-0.39, 0.29) is 6.61 Å². The van der Waals surface area contributed by atoms with Gasteiger partial charge in [-0.1, -0.05) is 30.3 Å². The number of hydrogen-bond acceptors (Lipinski definition) is 5. The van der Waals surface area contributed by atoms with Crippen molar-refractivity contribution in [2.45, 2.75) is 25.6 Å². The highest BCUT2D eigenvalue weighted by Gasteiger charge is 2.25. The fourth-order valence-electron chi connectivity index (χ4n) is 2.57. The van der Waals surface area contributed by atoms with Crippen LogP contribution in [0.2, 0.25) is 0 Å². The molecular weight excluding hydrogens is 334 g/mol. The van der Waals surface area contributed by atoms with Gasteiger partial charge in [-0.2, -0.15) is 0 Å². The Hall–Kier alpha value is -2.86. The molecule has 0 aliphatic carbocycles. The van der Waals surface area contributed by atoms with Crippen LogP contribution >= 0.6 is 0 Å². The number of rotatable bonds is 7. The summed E-state index contributed by atoms with van der Waals surface area (Å²) in [7, 11) is 0. The lowest BCUT2D eigenvalue weighted by Gasteiger charge is -2.10. The van der Waals surface area contributed by atoms with Crippen molar-refractivity contribution in [1.82, 2.24) is 0 Å². The van der Waals surface area contributed by atoms with E-state index in [0.29, 0.717) is 31.1 Å². The number of carbonyl (C=O) groups is 2. The van der Waals surface area contributed by atoms with Crippen LogP contribution in [0.1, 0.15) is 18.4 Å². The summed E-state index contributed by atoms with van der Waals surface area (Å²) in [5, 5.41) is 2.68. The average molecular weight is 355 g/mol. The molecule has 1 fully saturated rings. The SMILES string of the molecule is O=C(COC(=O)[C@H]1CCCO1)Nc1ccc(OCc2ccccc2)cc1. The molecule has 0 bridgehead atoms. The minimum absolute atomic E-state index is 0.328. The highest BCUT2D eigenvalue weighted by molar-refractivity contribution is 5.93. The Bertz CT molecular complexity index is 724. The van der Waals surface area contributed by atoms with Crippen LogP contribution in [-0.4, -0.2) is 31.2 Å². The molecular formula is C20H21NO5. The Morgan fingerprint density at radius 1 is 1.08 bits per heavy atom. The van der Waals surface area contributed by atoms with E-state index >= 15 is 0 Å². The second-order valence-corrected chi connectivity index (χ2v) is 5.96. The third-order valence-corrected chi connectivity index (χ3v) is 3.92. The third-order valence-electron chi connectivity index (χ3n) is 3.92.